The fraction of sp³-hybridized carbons (Fsp3) is 0.429. The first-order chi connectivity index (χ1) is 28.4. The van der Waals surface area contributed by atoms with Crippen LogP contribution in [-0.2, 0) is 19.1 Å². The Morgan fingerprint density at radius 3 is 1.32 bits per heavy atom. The molecule has 5 aromatic rings. The summed E-state index contributed by atoms with van der Waals surface area (Å²) in [5, 5.41) is 4.93. The zero-order valence-corrected chi connectivity index (χ0v) is 33.8. The number of imidazole rings is 2. The number of ether oxygens (including phenoxy) is 2. The number of likely N-dealkylation sites (tertiary alicyclic amines) is 2. The largest absolute Gasteiger partial charge is 0.453 e. The Bertz CT molecular complexity index is 2270. The van der Waals surface area contributed by atoms with Crippen LogP contribution in [0.25, 0.3) is 44.3 Å². The van der Waals surface area contributed by atoms with E-state index in [0.29, 0.717) is 22.1 Å². The predicted molar refractivity (Wildman–Crippen MR) is 213 cm³/mol. The Balaban J connectivity index is 1.10. The number of alkyl carbamates (subject to hydrolysis) is 2. The first-order valence-electron chi connectivity index (χ1n) is 19.5. The van der Waals surface area contributed by atoms with Gasteiger partial charge < -0.3 is 39.9 Å². The van der Waals surface area contributed by atoms with E-state index in [1.54, 1.807) is 39.8 Å². The molecule has 3 aromatic carbocycles. The lowest BCUT2D eigenvalue weighted by Gasteiger charge is -2.29. The molecular formula is C42H46F4N8O6. The second-order valence-electron chi connectivity index (χ2n) is 16.1. The molecule has 18 heteroatoms. The molecule has 60 heavy (non-hydrogen) atoms. The maximum absolute atomic E-state index is 14.9. The van der Waals surface area contributed by atoms with E-state index >= 15 is 0 Å². The highest BCUT2D eigenvalue weighted by atomic mass is 19.3. The van der Waals surface area contributed by atoms with Crippen molar-refractivity contribution in [1.29, 1.82) is 0 Å². The molecule has 0 unspecified atom stereocenters. The maximum atomic E-state index is 14.9. The summed E-state index contributed by atoms with van der Waals surface area (Å²) in [7, 11) is 2.31. The van der Waals surface area contributed by atoms with Gasteiger partial charge in [-0.25, -0.2) is 37.1 Å². The van der Waals surface area contributed by atoms with E-state index in [-0.39, 0.29) is 11.6 Å². The number of alkyl halides is 4. The van der Waals surface area contributed by atoms with E-state index in [9.17, 15) is 36.7 Å². The van der Waals surface area contributed by atoms with E-state index in [1.165, 1.54) is 0 Å². The Hall–Kier alpha value is -6.20. The molecule has 2 aromatic heterocycles. The van der Waals surface area contributed by atoms with Gasteiger partial charge in [0.1, 0.15) is 23.7 Å². The predicted octanol–water partition coefficient (Wildman–Crippen LogP) is 7.35. The fourth-order valence-electron chi connectivity index (χ4n) is 7.93. The number of halogens is 4. The number of nitrogens with one attached hydrogen (secondary N) is 4. The van der Waals surface area contributed by atoms with Crippen LogP contribution in [-0.4, -0.2) is 105 Å². The monoisotopic (exact) mass is 834 g/mol. The standard InChI is InChI=1S/C42H46F4N8O6/c1-21(2)33(51-39(57)59-5)37(55)53-19-41(43,44)17-31(53)35-47-27-13-11-25(15-29(27)49-35)23-7-9-24(10-8-23)26-12-14-28-30(16-26)50-36(48-28)32-18-42(45,46)20-54(32)38(56)34(22(3)4)52-40(58)60-6/h7-16,21-22,31-34H,17-20H2,1-6H3,(H,47,49)(H,48,50)(H,51,57)(H,52,58)/t31-,32-,33-,34-/m0/s1. The highest BCUT2D eigenvalue weighted by Crippen LogP contribution is 2.43. The lowest BCUT2D eigenvalue weighted by atomic mass is 10.00. The SMILES string of the molecule is COC(=O)N[C@H](C(=O)N1CC(F)(F)C[C@H]1c1nc2ccc(-c3ccc(-c4ccc5nc([C@@H]6CC(F)(F)CN6C(=O)[C@@H](NC(=O)OC)C(C)C)[nH]c5c4)cc3)cc2[nH]1)C(C)C. The van der Waals surface area contributed by atoms with Crippen molar-refractivity contribution in [3.05, 3.63) is 72.3 Å². The molecule has 0 bridgehead atoms. The van der Waals surface area contributed by atoms with Gasteiger partial charge in [-0.1, -0.05) is 64.1 Å². The lowest BCUT2D eigenvalue weighted by Crippen LogP contribution is -2.51. The lowest BCUT2D eigenvalue weighted by molar-refractivity contribution is -0.137. The highest BCUT2D eigenvalue weighted by molar-refractivity contribution is 5.89. The molecular weight excluding hydrogens is 789 g/mol. The summed E-state index contributed by atoms with van der Waals surface area (Å²) in [6.07, 6.45) is -2.95. The van der Waals surface area contributed by atoms with Crippen LogP contribution in [0.3, 0.4) is 0 Å². The molecule has 318 valence electrons. The molecule has 2 aliphatic rings. The Labute approximate surface area is 342 Å². The van der Waals surface area contributed by atoms with Gasteiger partial charge in [0.15, 0.2) is 0 Å². The number of carbonyl (C=O) groups is 4. The first-order valence-corrected chi connectivity index (χ1v) is 19.5. The summed E-state index contributed by atoms with van der Waals surface area (Å²) in [6.45, 7) is 5.17. The van der Waals surface area contributed by atoms with Crippen molar-refractivity contribution in [3.8, 4) is 22.3 Å². The minimum absolute atomic E-state index is 0.206. The van der Waals surface area contributed by atoms with Crippen LogP contribution >= 0.6 is 0 Å². The molecule has 0 saturated carbocycles. The summed E-state index contributed by atoms with van der Waals surface area (Å²) >= 11 is 0. The number of benzene rings is 3. The summed E-state index contributed by atoms with van der Waals surface area (Å²) in [5.41, 5.74) is 5.57. The molecule has 7 rings (SSSR count). The topological polar surface area (TPSA) is 175 Å². The molecule has 4 N–H and O–H groups in total. The minimum atomic E-state index is -3.17. The van der Waals surface area contributed by atoms with Crippen molar-refractivity contribution in [2.75, 3.05) is 27.3 Å². The number of aromatic amines is 2. The zero-order chi connectivity index (χ0) is 43.3. The number of hydrogen-bond donors (Lipinski definition) is 4. The molecule has 2 fully saturated rings. The number of amides is 4. The van der Waals surface area contributed by atoms with Gasteiger partial charge in [0.25, 0.3) is 11.8 Å². The number of H-pyrrole nitrogens is 2. The normalized spacial score (nSPS) is 19.5. The molecule has 4 amide bonds. The summed E-state index contributed by atoms with van der Waals surface area (Å²) in [4.78, 5) is 68.7. The summed E-state index contributed by atoms with van der Waals surface area (Å²) in [6, 6.07) is 14.4. The molecule has 4 atom stereocenters. The van der Waals surface area contributed by atoms with Crippen LogP contribution in [0.2, 0.25) is 0 Å². The Morgan fingerprint density at radius 1 is 0.633 bits per heavy atom. The first kappa shape index (κ1) is 41.9. The highest BCUT2D eigenvalue weighted by Gasteiger charge is 2.51. The van der Waals surface area contributed by atoms with Gasteiger partial charge in [0, 0.05) is 12.8 Å². The average Bonchev–Trinajstić information content (AvgIpc) is 3.99. The van der Waals surface area contributed by atoms with Crippen LogP contribution in [0, 0.1) is 11.8 Å². The van der Waals surface area contributed by atoms with E-state index in [1.807, 2.05) is 48.5 Å². The number of fused-ring (bicyclic) bond motifs is 2. The number of methoxy groups -OCH3 is 2. The molecule has 14 nitrogen and oxygen atoms in total. The molecule has 4 heterocycles. The van der Waals surface area contributed by atoms with Crippen molar-refractivity contribution in [3.63, 3.8) is 0 Å². The van der Waals surface area contributed by atoms with Crippen molar-refractivity contribution in [1.82, 2.24) is 40.4 Å². The zero-order valence-electron chi connectivity index (χ0n) is 33.8. The third-order valence-corrected chi connectivity index (χ3v) is 11.1. The van der Waals surface area contributed by atoms with Crippen LogP contribution in [0.5, 0.6) is 0 Å². The number of carbonyl (C=O) groups excluding carboxylic acids is 4. The minimum Gasteiger partial charge on any atom is -0.453 e. The van der Waals surface area contributed by atoms with Gasteiger partial charge in [-0.2, -0.15) is 0 Å². The maximum Gasteiger partial charge on any atom is 0.407 e. The van der Waals surface area contributed by atoms with E-state index in [2.05, 4.69) is 40.0 Å². The van der Waals surface area contributed by atoms with Gasteiger partial charge in [0.2, 0.25) is 11.8 Å². The van der Waals surface area contributed by atoms with Gasteiger partial charge in [-0.15, -0.1) is 0 Å². The average molecular weight is 835 g/mol. The van der Waals surface area contributed by atoms with Crippen molar-refractivity contribution in [2.45, 2.75) is 76.5 Å². The second-order valence-corrected chi connectivity index (χ2v) is 16.1. The quantitative estimate of drug-likeness (QED) is 0.106. The fourth-order valence-corrected chi connectivity index (χ4v) is 7.93. The van der Waals surface area contributed by atoms with Crippen LogP contribution in [0.15, 0.2) is 60.7 Å². The van der Waals surface area contributed by atoms with Gasteiger partial charge >= 0.3 is 12.2 Å². The Kier molecular flexibility index (Phi) is 11.3. The number of aromatic nitrogens is 4. The molecule has 2 saturated heterocycles. The van der Waals surface area contributed by atoms with Crippen molar-refractivity contribution >= 4 is 46.1 Å². The number of hydrogen-bond acceptors (Lipinski definition) is 8. The third-order valence-electron chi connectivity index (χ3n) is 11.1. The molecule has 2 aliphatic heterocycles. The van der Waals surface area contributed by atoms with Crippen molar-refractivity contribution < 1.29 is 46.2 Å². The summed E-state index contributed by atoms with van der Waals surface area (Å²) < 4.78 is 68.8. The van der Waals surface area contributed by atoms with Gasteiger partial charge in [-0.3, -0.25) is 9.59 Å². The van der Waals surface area contributed by atoms with Crippen LogP contribution in [0.4, 0.5) is 27.2 Å². The summed E-state index contributed by atoms with van der Waals surface area (Å²) in [5.74, 6) is -8.03. The smallest absolute Gasteiger partial charge is 0.407 e. The Morgan fingerprint density at radius 2 is 0.983 bits per heavy atom. The number of rotatable bonds is 10. The van der Waals surface area contributed by atoms with Crippen LogP contribution < -0.4 is 10.6 Å². The third kappa shape index (κ3) is 8.45. The van der Waals surface area contributed by atoms with E-state index in [0.717, 1.165) is 46.3 Å². The van der Waals surface area contributed by atoms with E-state index < -0.39 is 97.8 Å². The van der Waals surface area contributed by atoms with Gasteiger partial charge in [0.05, 0.1) is 61.5 Å². The number of nitrogens with zero attached hydrogens (tertiary/aromatic N) is 4. The van der Waals surface area contributed by atoms with Gasteiger partial charge in [-0.05, 0) is 58.4 Å². The second kappa shape index (κ2) is 16.1. The molecule has 0 spiro atoms. The van der Waals surface area contributed by atoms with E-state index in [4.69, 9.17) is 0 Å². The molecule has 0 aliphatic carbocycles. The van der Waals surface area contributed by atoms with Crippen LogP contribution in [0.1, 0.15) is 64.3 Å². The van der Waals surface area contributed by atoms with Crippen molar-refractivity contribution in [2.24, 2.45) is 11.8 Å². The molecule has 0 radical (unpaired) electrons.